The number of nitrogens with zero attached hydrogens (tertiary/aromatic N) is 3. The Bertz CT molecular complexity index is 734. The van der Waals surface area contributed by atoms with Gasteiger partial charge in [-0.1, -0.05) is 29.5 Å². The summed E-state index contributed by atoms with van der Waals surface area (Å²) in [6, 6.07) is 15.8. The smallest absolute Gasteiger partial charge is 0.200 e. The maximum atomic E-state index is 5.37. The topological polar surface area (TPSA) is 42.7 Å². The number of nitrogens with one attached hydrogen (secondary N) is 1. The van der Waals surface area contributed by atoms with Crippen LogP contribution in [0, 0.1) is 6.92 Å². The first kappa shape index (κ1) is 11.8. The van der Waals surface area contributed by atoms with Crippen LogP contribution in [0.25, 0.3) is 11.0 Å². The van der Waals surface area contributed by atoms with Crippen LogP contribution in [-0.4, -0.2) is 20.1 Å². The number of thiocarbonyl (C=S) groups is 1. The molecule has 0 radical (unpaired) electrons. The van der Waals surface area contributed by atoms with Crippen molar-refractivity contribution in [2.24, 2.45) is 0 Å². The highest BCUT2D eigenvalue weighted by molar-refractivity contribution is 7.80. The molecule has 0 saturated carbocycles. The second-order valence-electron chi connectivity index (χ2n) is 4.29. The molecule has 0 aliphatic carbocycles. The Kier molecular flexibility index (Phi) is 2.97. The number of benzene rings is 2. The molecule has 1 aromatic heterocycles. The number of aryl methyl sites for hydroxylation is 1. The Hall–Kier alpha value is -2.27. The summed E-state index contributed by atoms with van der Waals surface area (Å²) in [6.45, 7) is 2.03. The van der Waals surface area contributed by atoms with Crippen molar-refractivity contribution >= 4 is 34.1 Å². The van der Waals surface area contributed by atoms with Gasteiger partial charge in [0.15, 0.2) is 0 Å². The molecule has 0 aliphatic rings. The van der Waals surface area contributed by atoms with Crippen LogP contribution in [0.4, 0.5) is 5.69 Å². The Morgan fingerprint density at radius 3 is 2.74 bits per heavy atom. The molecule has 94 valence electrons. The Balaban J connectivity index is 1.94. The lowest BCUT2D eigenvalue weighted by molar-refractivity contribution is 0.870. The second kappa shape index (κ2) is 4.78. The molecular formula is C14H12N4S. The highest BCUT2D eigenvalue weighted by atomic mass is 32.1. The Morgan fingerprint density at radius 2 is 1.95 bits per heavy atom. The summed E-state index contributed by atoms with van der Waals surface area (Å²) in [5.41, 5.74) is 3.83. The van der Waals surface area contributed by atoms with E-state index in [-0.39, 0.29) is 0 Å². The van der Waals surface area contributed by atoms with Crippen molar-refractivity contribution in [3.05, 3.63) is 54.1 Å². The molecule has 3 aromatic rings. The van der Waals surface area contributed by atoms with E-state index in [1.807, 2.05) is 55.5 Å². The molecule has 0 bridgehead atoms. The molecule has 0 aliphatic heterocycles. The van der Waals surface area contributed by atoms with Crippen molar-refractivity contribution in [1.29, 1.82) is 0 Å². The van der Waals surface area contributed by atoms with Gasteiger partial charge >= 0.3 is 0 Å². The minimum atomic E-state index is 0.512. The average Bonchev–Trinajstić information content (AvgIpc) is 2.82. The molecule has 0 amide bonds. The zero-order chi connectivity index (χ0) is 13.2. The molecule has 0 atom stereocenters. The summed E-state index contributed by atoms with van der Waals surface area (Å²) < 4.78 is 1.64. The molecule has 19 heavy (non-hydrogen) atoms. The number of aromatic nitrogens is 3. The number of rotatable bonds is 1. The predicted molar refractivity (Wildman–Crippen MR) is 80.3 cm³/mol. The number of anilines is 1. The van der Waals surface area contributed by atoms with E-state index in [2.05, 4.69) is 15.6 Å². The van der Waals surface area contributed by atoms with E-state index in [1.165, 1.54) is 0 Å². The van der Waals surface area contributed by atoms with Crippen LogP contribution < -0.4 is 5.32 Å². The molecule has 5 heteroatoms. The second-order valence-corrected chi connectivity index (χ2v) is 4.68. The van der Waals surface area contributed by atoms with Crippen LogP contribution >= 0.6 is 12.2 Å². The summed E-state index contributed by atoms with van der Waals surface area (Å²) >= 11 is 5.37. The van der Waals surface area contributed by atoms with Crippen LogP contribution in [0.1, 0.15) is 5.56 Å². The number of hydrogen-bond donors (Lipinski definition) is 1. The molecule has 0 saturated heterocycles. The van der Waals surface area contributed by atoms with E-state index in [1.54, 1.807) is 4.68 Å². The van der Waals surface area contributed by atoms with Gasteiger partial charge in [-0.15, -0.1) is 5.10 Å². The summed E-state index contributed by atoms with van der Waals surface area (Å²) in [5, 5.41) is 11.9. The summed E-state index contributed by atoms with van der Waals surface area (Å²) in [6.07, 6.45) is 0. The van der Waals surface area contributed by atoms with Gasteiger partial charge in [-0.3, -0.25) is 0 Å². The van der Waals surface area contributed by atoms with Gasteiger partial charge in [0.25, 0.3) is 0 Å². The van der Waals surface area contributed by atoms with Gasteiger partial charge in [0, 0.05) is 5.69 Å². The molecule has 3 rings (SSSR count). The molecular weight excluding hydrogens is 256 g/mol. The van der Waals surface area contributed by atoms with Gasteiger partial charge in [-0.05, 0) is 49.0 Å². The van der Waals surface area contributed by atoms with E-state index >= 15 is 0 Å². The maximum absolute atomic E-state index is 5.37. The molecule has 2 aromatic carbocycles. The zero-order valence-electron chi connectivity index (χ0n) is 10.4. The summed E-state index contributed by atoms with van der Waals surface area (Å²) in [7, 11) is 0. The van der Waals surface area contributed by atoms with Gasteiger partial charge in [-0.25, -0.2) is 0 Å². The first-order valence-corrected chi connectivity index (χ1v) is 6.33. The monoisotopic (exact) mass is 268 g/mol. The number of fused-ring (bicyclic) bond motifs is 1. The molecule has 1 N–H and O–H groups in total. The summed E-state index contributed by atoms with van der Waals surface area (Å²) in [5.74, 6) is 0. The van der Waals surface area contributed by atoms with Crippen molar-refractivity contribution in [1.82, 2.24) is 15.0 Å². The maximum Gasteiger partial charge on any atom is 0.200 e. The SMILES string of the molecule is Cc1ccc2c(c1)nnn2C(=S)Nc1ccccc1. The first-order chi connectivity index (χ1) is 9.24. The summed E-state index contributed by atoms with van der Waals surface area (Å²) in [4.78, 5) is 0. The van der Waals surface area contributed by atoms with E-state index in [9.17, 15) is 0 Å². The minimum absolute atomic E-state index is 0.512. The third-order valence-corrected chi connectivity index (χ3v) is 3.09. The van der Waals surface area contributed by atoms with Crippen LogP contribution in [-0.2, 0) is 0 Å². The van der Waals surface area contributed by atoms with E-state index in [0.29, 0.717) is 5.11 Å². The lowest BCUT2D eigenvalue weighted by Crippen LogP contribution is -2.20. The van der Waals surface area contributed by atoms with Crippen LogP contribution in [0.3, 0.4) is 0 Å². The normalized spacial score (nSPS) is 10.6. The first-order valence-electron chi connectivity index (χ1n) is 5.92. The molecule has 4 nitrogen and oxygen atoms in total. The molecule has 0 fully saturated rings. The van der Waals surface area contributed by atoms with Gasteiger partial charge in [0.1, 0.15) is 5.52 Å². The van der Waals surface area contributed by atoms with E-state index in [4.69, 9.17) is 12.2 Å². The minimum Gasteiger partial charge on any atom is -0.331 e. The average molecular weight is 268 g/mol. The molecule has 1 heterocycles. The van der Waals surface area contributed by atoms with E-state index in [0.717, 1.165) is 22.3 Å². The highest BCUT2D eigenvalue weighted by Gasteiger charge is 2.08. The van der Waals surface area contributed by atoms with Crippen molar-refractivity contribution in [3.8, 4) is 0 Å². The Labute approximate surface area is 116 Å². The molecule has 0 spiro atoms. The van der Waals surface area contributed by atoms with Gasteiger partial charge in [0.05, 0.1) is 5.52 Å². The fourth-order valence-corrected chi connectivity index (χ4v) is 2.13. The van der Waals surface area contributed by atoms with Crippen LogP contribution in [0.5, 0.6) is 0 Å². The van der Waals surface area contributed by atoms with Gasteiger partial charge in [0.2, 0.25) is 5.11 Å². The van der Waals surface area contributed by atoms with Gasteiger partial charge < -0.3 is 5.32 Å². The zero-order valence-corrected chi connectivity index (χ0v) is 11.2. The predicted octanol–water partition coefficient (Wildman–Crippen LogP) is 2.98. The van der Waals surface area contributed by atoms with Crippen molar-refractivity contribution in [2.45, 2.75) is 6.92 Å². The van der Waals surface area contributed by atoms with Crippen LogP contribution in [0.15, 0.2) is 48.5 Å². The third kappa shape index (κ3) is 2.32. The molecule has 0 unspecified atom stereocenters. The van der Waals surface area contributed by atoms with Crippen molar-refractivity contribution in [2.75, 3.05) is 5.32 Å². The fraction of sp³-hybridized carbons (Fsp3) is 0.0714. The highest BCUT2D eigenvalue weighted by Crippen LogP contribution is 2.14. The quantitative estimate of drug-likeness (QED) is 0.689. The van der Waals surface area contributed by atoms with Crippen molar-refractivity contribution in [3.63, 3.8) is 0 Å². The largest absolute Gasteiger partial charge is 0.331 e. The third-order valence-electron chi connectivity index (χ3n) is 2.82. The van der Waals surface area contributed by atoms with Crippen LogP contribution in [0.2, 0.25) is 0 Å². The lowest BCUT2D eigenvalue weighted by atomic mass is 10.2. The number of para-hydroxylation sites is 1. The lowest BCUT2D eigenvalue weighted by Gasteiger charge is -2.07. The number of hydrogen-bond acceptors (Lipinski definition) is 3. The fourth-order valence-electron chi connectivity index (χ4n) is 1.88. The van der Waals surface area contributed by atoms with Gasteiger partial charge in [-0.2, -0.15) is 4.68 Å². The standard InChI is InChI=1S/C14H12N4S/c1-10-7-8-13-12(9-10)16-17-18(13)14(19)15-11-5-3-2-4-6-11/h2-9H,1H3,(H,15,19). The Morgan fingerprint density at radius 1 is 1.16 bits per heavy atom. The van der Waals surface area contributed by atoms with Crippen molar-refractivity contribution < 1.29 is 0 Å². The van der Waals surface area contributed by atoms with E-state index < -0.39 is 0 Å².